The summed E-state index contributed by atoms with van der Waals surface area (Å²) in [5.41, 5.74) is 3.98. The average molecular weight is 465 g/mol. The lowest BCUT2D eigenvalue weighted by Crippen LogP contribution is -2.44. The lowest BCUT2D eigenvalue weighted by molar-refractivity contribution is 0.262. The number of hydrogen-bond acceptors (Lipinski definition) is 3. The fourth-order valence-corrected chi connectivity index (χ4v) is 4.33. The van der Waals surface area contributed by atoms with Gasteiger partial charge in [0.1, 0.15) is 0 Å². The normalized spacial score (nSPS) is 12.2. The second-order valence-electron chi connectivity index (χ2n) is 8.43. The molecule has 0 spiro atoms. The first-order valence-electron chi connectivity index (χ1n) is 11.9. The van der Waals surface area contributed by atoms with E-state index in [0.29, 0.717) is 11.7 Å². The molecule has 1 atom stereocenters. The van der Waals surface area contributed by atoms with Crippen molar-refractivity contribution in [2.45, 2.75) is 46.7 Å². The Balaban J connectivity index is 1.84. The number of rotatable bonds is 10. The Kier molecular flexibility index (Phi) is 9.03. The van der Waals surface area contributed by atoms with Gasteiger partial charge in [0.15, 0.2) is 5.11 Å². The van der Waals surface area contributed by atoms with Gasteiger partial charge in [0, 0.05) is 24.2 Å². The number of H-pyrrole nitrogens is 1. The summed E-state index contributed by atoms with van der Waals surface area (Å²) in [7, 11) is 0. The van der Waals surface area contributed by atoms with E-state index in [1.807, 2.05) is 30.3 Å². The van der Waals surface area contributed by atoms with Gasteiger partial charge in [0.05, 0.1) is 12.6 Å². The summed E-state index contributed by atoms with van der Waals surface area (Å²) in [6, 6.07) is 18.6. The molecule has 0 saturated heterocycles. The van der Waals surface area contributed by atoms with Crippen LogP contribution in [0.4, 0.5) is 0 Å². The Labute approximate surface area is 202 Å². The van der Waals surface area contributed by atoms with Crippen LogP contribution in [0.2, 0.25) is 0 Å². The summed E-state index contributed by atoms with van der Waals surface area (Å²) >= 11 is 5.84. The summed E-state index contributed by atoms with van der Waals surface area (Å²) in [6.45, 7) is 12.7. The topological polar surface area (TPSA) is 51.4 Å². The van der Waals surface area contributed by atoms with Crippen LogP contribution in [0.25, 0.3) is 10.9 Å². The Morgan fingerprint density at radius 1 is 1.03 bits per heavy atom. The van der Waals surface area contributed by atoms with Gasteiger partial charge in [0.25, 0.3) is 5.56 Å². The van der Waals surface area contributed by atoms with Gasteiger partial charge >= 0.3 is 0 Å². The van der Waals surface area contributed by atoms with Crippen molar-refractivity contribution in [3.05, 3.63) is 81.6 Å². The van der Waals surface area contributed by atoms with E-state index >= 15 is 0 Å². The van der Waals surface area contributed by atoms with Crippen LogP contribution in [0.1, 0.15) is 50.4 Å². The summed E-state index contributed by atoms with van der Waals surface area (Å²) in [4.78, 5) is 20.4. The van der Waals surface area contributed by atoms with Gasteiger partial charge in [-0.2, -0.15) is 0 Å². The van der Waals surface area contributed by atoms with Crippen molar-refractivity contribution in [1.82, 2.24) is 20.1 Å². The third kappa shape index (κ3) is 6.65. The molecule has 0 unspecified atom stereocenters. The van der Waals surface area contributed by atoms with Crippen molar-refractivity contribution >= 4 is 28.2 Å². The smallest absolute Gasteiger partial charge is 0.253 e. The minimum absolute atomic E-state index is 0.0569. The van der Waals surface area contributed by atoms with Crippen molar-refractivity contribution in [2.24, 2.45) is 0 Å². The van der Waals surface area contributed by atoms with E-state index in [-0.39, 0.29) is 11.6 Å². The number of pyridine rings is 1. The van der Waals surface area contributed by atoms with E-state index in [2.05, 4.69) is 72.1 Å². The highest BCUT2D eigenvalue weighted by Crippen LogP contribution is 2.16. The molecule has 33 heavy (non-hydrogen) atoms. The van der Waals surface area contributed by atoms with Crippen molar-refractivity contribution in [1.29, 1.82) is 0 Å². The molecule has 0 aliphatic heterocycles. The van der Waals surface area contributed by atoms with Crippen LogP contribution in [0.3, 0.4) is 0 Å². The van der Waals surface area contributed by atoms with Gasteiger partial charge in [-0.15, -0.1) is 0 Å². The van der Waals surface area contributed by atoms with E-state index in [9.17, 15) is 4.79 Å². The van der Waals surface area contributed by atoms with Gasteiger partial charge in [-0.25, -0.2) is 0 Å². The molecule has 2 aromatic carbocycles. The van der Waals surface area contributed by atoms with Crippen LogP contribution in [0.5, 0.6) is 0 Å². The molecule has 3 rings (SSSR count). The minimum Gasteiger partial charge on any atom is -0.356 e. The van der Waals surface area contributed by atoms with Crippen LogP contribution in [0, 0.1) is 0 Å². The zero-order valence-electron chi connectivity index (χ0n) is 20.2. The number of likely N-dealkylation sites (N-methyl/N-ethyl adjacent to an activating group) is 1. The lowest BCUT2D eigenvalue weighted by Gasteiger charge is -2.30. The monoisotopic (exact) mass is 464 g/mol. The van der Waals surface area contributed by atoms with Crippen LogP contribution in [0.15, 0.2) is 59.4 Å². The second kappa shape index (κ2) is 12.0. The van der Waals surface area contributed by atoms with E-state index in [0.717, 1.165) is 49.1 Å². The van der Waals surface area contributed by atoms with Crippen molar-refractivity contribution in [3.63, 3.8) is 0 Å². The first kappa shape index (κ1) is 24.9. The lowest BCUT2D eigenvalue weighted by atomic mass is 10.1. The number of aromatic amines is 1. The molecule has 0 aliphatic rings. The molecule has 5 nitrogen and oxygen atoms in total. The predicted molar refractivity (Wildman–Crippen MR) is 143 cm³/mol. The van der Waals surface area contributed by atoms with Crippen LogP contribution >= 0.6 is 12.2 Å². The van der Waals surface area contributed by atoms with E-state index in [4.69, 9.17) is 12.2 Å². The van der Waals surface area contributed by atoms with Gasteiger partial charge in [-0.3, -0.25) is 4.79 Å². The number of nitrogens with zero attached hydrogens (tertiary/aromatic N) is 2. The summed E-state index contributed by atoms with van der Waals surface area (Å²) in [6.07, 6.45) is 0.964. The van der Waals surface area contributed by atoms with Crippen LogP contribution in [-0.2, 0) is 13.0 Å². The third-order valence-corrected chi connectivity index (χ3v) is 6.64. The first-order valence-corrected chi connectivity index (χ1v) is 12.3. The molecule has 1 aromatic heterocycles. The highest BCUT2D eigenvalue weighted by atomic mass is 32.1. The SMILES string of the molecule is CCc1ccc2[nH]c(=O)c(CN(CCN(CC)CC)C(=S)N[C@@H](C)c3ccccc3)cc2c1. The molecule has 176 valence electrons. The molecule has 2 N–H and O–H groups in total. The fraction of sp³-hybridized carbons (Fsp3) is 0.407. The molecule has 6 heteroatoms. The van der Waals surface area contributed by atoms with Crippen LogP contribution in [-0.4, -0.2) is 46.1 Å². The molecular weight excluding hydrogens is 428 g/mol. The highest BCUT2D eigenvalue weighted by molar-refractivity contribution is 7.80. The molecule has 0 saturated carbocycles. The molecule has 0 amide bonds. The number of fused-ring (bicyclic) bond motifs is 1. The first-order chi connectivity index (χ1) is 15.9. The Morgan fingerprint density at radius 2 is 1.76 bits per heavy atom. The Hall–Kier alpha value is -2.70. The standard InChI is InChI=1S/C27H36N4OS/c1-5-21-13-14-25-23(17-21)18-24(26(32)29-25)19-31(16-15-30(6-2)7-3)27(33)28-20(4)22-11-9-8-10-12-22/h8-14,17-18,20H,5-7,15-16,19H2,1-4H3,(H,28,33)(H,29,32)/t20-/m0/s1. The summed E-state index contributed by atoms with van der Waals surface area (Å²) in [5, 5.41) is 5.20. The van der Waals surface area contributed by atoms with Gasteiger partial charge in [-0.05, 0) is 73.4 Å². The number of hydrogen-bond donors (Lipinski definition) is 2. The van der Waals surface area contributed by atoms with E-state index < -0.39 is 0 Å². The Morgan fingerprint density at radius 3 is 2.42 bits per heavy atom. The number of nitrogens with one attached hydrogen (secondary N) is 2. The van der Waals surface area contributed by atoms with Crippen molar-refractivity contribution in [3.8, 4) is 0 Å². The van der Waals surface area contributed by atoms with Gasteiger partial charge < -0.3 is 20.1 Å². The van der Waals surface area contributed by atoms with Crippen molar-refractivity contribution < 1.29 is 0 Å². The number of aryl methyl sites for hydroxylation is 1. The largest absolute Gasteiger partial charge is 0.356 e. The summed E-state index contributed by atoms with van der Waals surface area (Å²) in [5.74, 6) is 0. The van der Waals surface area contributed by atoms with E-state index in [1.54, 1.807) is 0 Å². The fourth-order valence-electron chi connectivity index (χ4n) is 4.00. The molecule has 0 bridgehead atoms. The zero-order valence-corrected chi connectivity index (χ0v) is 21.0. The van der Waals surface area contributed by atoms with Gasteiger partial charge in [0.2, 0.25) is 0 Å². The van der Waals surface area contributed by atoms with E-state index in [1.165, 1.54) is 11.1 Å². The third-order valence-electron chi connectivity index (χ3n) is 6.26. The van der Waals surface area contributed by atoms with Crippen molar-refractivity contribution in [2.75, 3.05) is 26.2 Å². The predicted octanol–water partition coefficient (Wildman–Crippen LogP) is 4.87. The highest BCUT2D eigenvalue weighted by Gasteiger charge is 2.17. The summed E-state index contributed by atoms with van der Waals surface area (Å²) < 4.78 is 0. The zero-order chi connectivity index (χ0) is 23.8. The quantitative estimate of drug-likeness (QED) is 0.419. The maximum atomic E-state index is 12.9. The van der Waals surface area contributed by atoms with Gasteiger partial charge in [-0.1, -0.05) is 57.2 Å². The molecule has 1 heterocycles. The maximum absolute atomic E-state index is 12.9. The maximum Gasteiger partial charge on any atom is 0.253 e. The molecule has 0 fully saturated rings. The number of aromatic nitrogens is 1. The molecule has 0 aliphatic carbocycles. The number of thiocarbonyl (C=S) groups is 1. The molecule has 0 radical (unpaired) electrons. The van der Waals surface area contributed by atoms with Crippen LogP contribution < -0.4 is 10.9 Å². The minimum atomic E-state index is -0.0569. The second-order valence-corrected chi connectivity index (χ2v) is 8.82. The molecule has 3 aromatic rings. The Bertz CT molecular complexity index is 1110. The number of benzene rings is 2. The molecular formula is C27H36N4OS. The average Bonchev–Trinajstić information content (AvgIpc) is 2.84.